The van der Waals surface area contributed by atoms with Gasteiger partial charge in [-0.05, 0) is 31.5 Å². The molecule has 0 spiro atoms. The maximum atomic E-state index is 11.9. The lowest BCUT2D eigenvalue weighted by atomic mass is 9.85. The van der Waals surface area contributed by atoms with E-state index >= 15 is 0 Å². The molecule has 0 aromatic heterocycles. The Morgan fingerprint density at radius 2 is 2.00 bits per heavy atom. The molecular weight excluding hydrogens is 276 g/mol. The summed E-state index contributed by atoms with van der Waals surface area (Å²) in [6, 6.07) is 6.79. The SMILES string of the molecule is CC(C)(C(=O)O)c1ccc(NC(=O)C2CSCN2)cc1. The van der Waals surface area contributed by atoms with Gasteiger partial charge in [0.2, 0.25) is 5.91 Å². The first-order chi connectivity index (χ1) is 9.41. The molecule has 0 radical (unpaired) electrons. The fraction of sp³-hybridized carbons (Fsp3) is 0.429. The molecule has 1 unspecified atom stereocenters. The van der Waals surface area contributed by atoms with Crippen molar-refractivity contribution < 1.29 is 14.7 Å². The van der Waals surface area contributed by atoms with E-state index < -0.39 is 11.4 Å². The Labute approximate surface area is 122 Å². The summed E-state index contributed by atoms with van der Waals surface area (Å²) in [5.74, 6) is 0.640. The summed E-state index contributed by atoms with van der Waals surface area (Å²) < 4.78 is 0. The largest absolute Gasteiger partial charge is 0.481 e. The number of hydrogen-bond acceptors (Lipinski definition) is 4. The monoisotopic (exact) mass is 294 g/mol. The standard InChI is InChI=1S/C14H18N2O3S/c1-14(2,13(18)19)9-3-5-10(6-4-9)16-12(17)11-7-20-8-15-11/h3-6,11,15H,7-8H2,1-2H3,(H,16,17)(H,18,19). The Hall–Kier alpha value is -1.53. The summed E-state index contributed by atoms with van der Waals surface area (Å²) in [4.78, 5) is 23.1. The molecule has 20 heavy (non-hydrogen) atoms. The van der Waals surface area contributed by atoms with Crippen LogP contribution in [0.5, 0.6) is 0 Å². The molecule has 108 valence electrons. The van der Waals surface area contributed by atoms with Gasteiger partial charge in [0, 0.05) is 17.3 Å². The molecule has 1 aliphatic heterocycles. The van der Waals surface area contributed by atoms with Crippen LogP contribution in [0.3, 0.4) is 0 Å². The normalized spacial score (nSPS) is 18.8. The third-order valence-corrected chi connectivity index (χ3v) is 4.38. The predicted octanol–water partition coefficient (Wildman–Crippen LogP) is 1.65. The Balaban J connectivity index is 2.05. The van der Waals surface area contributed by atoms with Crippen LogP contribution in [0.25, 0.3) is 0 Å². The van der Waals surface area contributed by atoms with E-state index in [1.54, 1.807) is 49.9 Å². The number of nitrogens with one attached hydrogen (secondary N) is 2. The zero-order valence-corrected chi connectivity index (χ0v) is 12.3. The molecule has 3 N–H and O–H groups in total. The van der Waals surface area contributed by atoms with Crippen molar-refractivity contribution in [1.29, 1.82) is 0 Å². The molecule has 0 bridgehead atoms. The summed E-state index contributed by atoms with van der Waals surface area (Å²) in [5.41, 5.74) is 0.447. The van der Waals surface area contributed by atoms with Gasteiger partial charge < -0.3 is 10.4 Å². The number of carboxylic acids is 1. The molecule has 1 aliphatic rings. The van der Waals surface area contributed by atoms with Crippen molar-refractivity contribution in [2.24, 2.45) is 0 Å². The minimum atomic E-state index is -0.938. The Morgan fingerprint density at radius 1 is 1.35 bits per heavy atom. The summed E-state index contributed by atoms with van der Waals surface area (Å²) in [5, 5.41) is 15.1. The van der Waals surface area contributed by atoms with Crippen molar-refractivity contribution in [1.82, 2.24) is 5.32 Å². The number of rotatable bonds is 4. The van der Waals surface area contributed by atoms with E-state index in [0.29, 0.717) is 11.3 Å². The van der Waals surface area contributed by atoms with Crippen LogP contribution in [-0.4, -0.2) is 34.7 Å². The minimum absolute atomic E-state index is 0.0553. The van der Waals surface area contributed by atoms with Crippen LogP contribution >= 0.6 is 11.8 Å². The molecule has 0 saturated carbocycles. The maximum Gasteiger partial charge on any atom is 0.313 e. The third-order valence-electron chi connectivity index (χ3n) is 3.44. The van der Waals surface area contributed by atoms with Crippen LogP contribution in [0.2, 0.25) is 0 Å². The molecule has 1 heterocycles. The highest BCUT2D eigenvalue weighted by atomic mass is 32.2. The van der Waals surface area contributed by atoms with Crippen molar-refractivity contribution in [3.63, 3.8) is 0 Å². The first kappa shape index (κ1) is 14.9. The number of anilines is 1. The summed E-state index contributed by atoms with van der Waals surface area (Å²) in [6.07, 6.45) is 0. The fourth-order valence-electron chi connectivity index (χ4n) is 1.89. The fourth-order valence-corrected chi connectivity index (χ4v) is 2.83. The lowest BCUT2D eigenvalue weighted by Crippen LogP contribution is -2.37. The van der Waals surface area contributed by atoms with E-state index in [2.05, 4.69) is 10.6 Å². The van der Waals surface area contributed by atoms with E-state index in [1.807, 2.05) is 0 Å². The third kappa shape index (κ3) is 3.13. The Kier molecular flexibility index (Phi) is 4.35. The van der Waals surface area contributed by atoms with E-state index in [4.69, 9.17) is 0 Å². The van der Waals surface area contributed by atoms with Gasteiger partial charge in [-0.15, -0.1) is 11.8 Å². The zero-order valence-electron chi connectivity index (χ0n) is 11.5. The zero-order chi connectivity index (χ0) is 14.8. The van der Waals surface area contributed by atoms with Crippen molar-refractivity contribution in [3.8, 4) is 0 Å². The number of carboxylic acid groups (broad SMARTS) is 1. The quantitative estimate of drug-likeness (QED) is 0.787. The lowest BCUT2D eigenvalue weighted by molar-refractivity contribution is -0.142. The molecular formula is C14H18N2O3S. The van der Waals surface area contributed by atoms with Crippen molar-refractivity contribution in [3.05, 3.63) is 29.8 Å². The van der Waals surface area contributed by atoms with Gasteiger partial charge in [-0.2, -0.15) is 0 Å². The van der Waals surface area contributed by atoms with Crippen LogP contribution in [0.15, 0.2) is 24.3 Å². The van der Waals surface area contributed by atoms with Gasteiger partial charge in [0.15, 0.2) is 0 Å². The molecule has 1 saturated heterocycles. The molecule has 6 heteroatoms. The molecule has 1 amide bonds. The number of thioether (sulfide) groups is 1. The van der Waals surface area contributed by atoms with Gasteiger partial charge in [0.1, 0.15) is 0 Å². The highest BCUT2D eigenvalue weighted by Crippen LogP contribution is 2.25. The smallest absolute Gasteiger partial charge is 0.313 e. The van der Waals surface area contributed by atoms with E-state index in [-0.39, 0.29) is 11.9 Å². The van der Waals surface area contributed by atoms with Gasteiger partial charge in [0.25, 0.3) is 0 Å². The molecule has 2 rings (SSSR count). The molecule has 1 aromatic rings. The number of amides is 1. The Morgan fingerprint density at radius 3 is 2.50 bits per heavy atom. The van der Waals surface area contributed by atoms with Gasteiger partial charge in [-0.25, -0.2) is 0 Å². The summed E-state index contributed by atoms with van der Waals surface area (Å²) >= 11 is 1.69. The number of carbonyl (C=O) groups is 2. The molecule has 1 fully saturated rings. The highest BCUT2D eigenvalue weighted by molar-refractivity contribution is 7.99. The molecule has 0 aliphatic carbocycles. The second-order valence-corrected chi connectivity index (χ2v) is 6.30. The average Bonchev–Trinajstić information content (AvgIpc) is 2.93. The lowest BCUT2D eigenvalue weighted by Gasteiger charge is -2.20. The number of aliphatic carboxylic acids is 1. The Bertz CT molecular complexity index is 508. The summed E-state index contributed by atoms with van der Waals surface area (Å²) in [7, 11) is 0. The van der Waals surface area contributed by atoms with Gasteiger partial charge in [0.05, 0.1) is 11.5 Å². The van der Waals surface area contributed by atoms with Gasteiger partial charge in [-0.1, -0.05) is 12.1 Å². The van der Waals surface area contributed by atoms with E-state index in [0.717, 1.165) is 11.6 Å². The maximum absolute atomic E-state index is 11.9. The van der Waals surface area contributed by atoms with Crippen LogP contribution in [0.4, 0.5) is 5.69 Å². The van der Waals surface area contributed by atoms with E-state index in [9.17, 15) is 14.7 Å². The number of carbonyl (C=O) groups excluding carboxylic acids is 1. The minimum Gasteiger partial charge on any atom is -0.481 e. The van der Waals surface area contributed by atoms with Crippen molar-refractivity contribution >= 4 is 29.3 Å². The van der Waals surface area contributed by atoms with Crippen LogP contribution in [0, 0.1) is 0 Å². The molecule has 1 atom stereocenters. The van der Waals surface area contributed by atoms with Crippen molar-refractivity contribution in [2.45, 2.75) is 25.3 Å². The first-order valence-electron chi connectivity index (χ1n) is 6.37. The van der Waals surface area contributed by atoms with Crippen LogP contribution < -0.4 is 10.6 Å². The highest BCUT2D eigenvalue weighted by Gasteiger charge is 2.29. The summed E-state index contributed by atoms with van der Waals surface area (Å²) in [6.45, 7) is 3.31. The van der Waals surface area contributed by atoms with Crippen LogP contribution in [0.1, 0.15) is 19.4 Å². The topological polar surface area (TPSA) is 78.4 Å². The number of benzene rings is 1. The number of hydrogen-bond donors (Lipinski definition) is 3. The predicted molar refractivity (Wildman–Crippen MR) is 80.0 cm³/mol. The van der Waals surface area contributed by atoms with E-state index in [1.165, 1.54) is 0 Å². The molecule has 1 aromatic carbocycles. The second-order valence-electron chi connectivity index (χ2n) is 5.27. The van der Waals surface area contributed by atoms with Crippen LogP contribution in [-0.2, 0) is 15.0 Å². The average molecular weight is 294 g/mol. The first-order valence-corrected chi connectivity index (χ1v) is 7.52. The molecule has 5 nitrogen and oxygen atoms in total. The van der Waals surface area contributed by atoms with Gasteiger partial charge in [-0.3, -0.25) is 14.9 Å². The van der Waals surface area contributed by atoms with Crippen molar-refractivity contribution in [2.75, 3.05) is 16.9 Å². The second kappa shape index (κ2) is 5.85. The van der Waals surface area contributed by atoms with Gasteiger partial charge >= 0.3 is 5.97 Å².